The predicted octanol–water partition coefficient (Wildman–Crippen LogP) is 3.86. The minimum absolute atomic E-state index is 0. The molecule has 0 heterocycles. The Morgan fingerprint density at radius 3 is 1.09 bits per heavy atom. The van der Waals surface area contributed by atoms with Crippen LogP contribution in [-0.4, -0.2) is 29.2 Å². The second-order valence-electron chi connectivity index (χ2n) is 5.81. The monoisotopic (exact) mass is 396 g/mol. The molecule has 0 bridgehead atoms. The number of rotatable bonds is 14. The quantitative estimate of drug-likeness (QED) is 0.237. The molecule has 0 aromatic carbocycles. The van der Waals surface area contributed by atoms with Crippen molar-refractivity contribution in [2.24, 2.45) is 0 Å². The van der Waals surface area contributed by atoms with Crippen LogP contribution in [0.2, 0.25) is 0 Å². The summed E-state index contributed by atoms with van der Waals surface area (Å²) >= 11 is 0. The first-order valence-electron chi connectivity index (χ1n) is 8.42. The van der Waals surface area contributed by atoms with Crippen LogP contribution in [0.3, 0.4) is 0 Å². The molecule has 0 atom stereocenters. The minimum atomic E-state index is -3.96. The Hall–Kier alpha value is 1.04. The van der Waals surface area contributed by atoms with Crippen LogP contribution in [-0.2, 0) is 0 Å². The van der Waals surface area contributed by atoms with E-state index in [9.17, 15) is 13.2 Å². The molecule has 0 saturated heterocycles. The molecule has 0 fully saturated rings. The van der Waals surface area contributed by atoms with Crippen LogP contribution < -0.4 is 17.0 Å². The van der Waals surface area contributed by atoms with Gasteiger partial charge in [-0.15, -0.1) is 0 Å². The Morgan fingerprint density at radius 1 is 0.545 bits per heavy atom. The summed E-state index contributed by atoms with van der Waals surface area (Å²) in [6, 6.07) is 0. The molecule has 130 valence electrons. The van der Waals surface area contributed by atoms with Crippen molar-refractivity contribution in [3.8, 4) is 0 Å². The van der Waals surface area contributed by atoms with Gasteiger partial charge in [-0.2, -0.15) is 19.6 Å². The van der Waals surface area contributed by atoms with Gasteiger partial charge in [0.15, 0.2) is 0 Å². The van der Waals surface area contributed by atoms with Crippen LogP contribution in [0.15, 0.2) is 0 Å². The van der Waals surface area contributed by atoms with Gasteiger partial charge in [0.05, 0.1) is 0 Å². The van der Waals surface area contributed by atoms with Gasteiger partial charge in [-0.3, -0.25) is 0 Å². The molecule has 0 radical (unpaired) electrons. The van der Waals surface area contributed by atoms with Gasteiger partial charge in [-0.25, -0.2) is 0 Å². The van der Waals surface area contributed by atoms with E-state index in [1.54, 1.807) is 0 Å². The molecule has 0 aromatic heterocycles. The van der Waals surface area contributed by atoms with Crippen LogP contribution >= 0.6 is 0 Å². The summed E-state index contributed by atoms with van der Waals surface area (Å²) in [4.78, 5) is 0. The van der Waals surface area contributed by atoms with E-state index in [2.05, 4.69) is 6.92 Å². The van der Waals surface area contributed by atoms with Gasteiger partial charge in [-0.1, -0.05) is 77.0 Å². The molecule has 0 aliphatic heterocycles. The maximum Gasteiger partial charge on any atom is 2.00 e. The fourth-order valence-electron chi connectivity index (χ4n) is 2.45. The third-order valence-electron chi connectivity index (χ3n) is 3.71. The van der Waals surface area contributed by atoms with E-state index < -0.39 is 12.6 Å². The van der Waals surface area contributed by atoms with Gasteiger partial charge < -0.3 is 23.9 Å². The Bertz CT molecular complexity index is 199. The SMILES string of the molecule is [Br-].[CH2-]CCCCCCCCCCCCCCCC(F)(F)F.[Mg+2]. The molecule has 0 aliphatic carbocycles. The van der Waals surface area contributed by atoms with Crippen molar-refractivity contribution in [3.63, 3.8) is 0 Å². The number of halogens is 4. The molecule has 5 heteroatoms. The van der Waals surface area contributed by atoms with Crippen molar-refractivity contribution in [1.29, 1.82) is 0 Å². The van der Waals surface area contributed by atoms with E-state index >= 15 is 0 Å². The molecule has 0 amide bonds. The van der Waals surface area contributed by atoms with Crippen molar-refractivity contribution in [3.05, 3.63) is 6.92 Å². The Labute approximate surface area is 162 Å². The summed E-state index contributed by atoms with van der Waals surface area (Å²) in [6.07, 6.45) is 11.2. The maximum absolute atomic E-state index is 11.9. The average Bonchev–Trinajstić information content (AvgIpc) is 2.38. The first-order valence-corrected chi connectivity index (χ1v) is 8.42. The van der Waals surface area contributed by atoms with E-state index in [0.29, 0.717) is 6.42 Å². The summed E-state index contributed by atoms with van der Waals surface area (Å²) in [7, 11) is 0. The largest absolute Gasteiger partial charge is 2.00 e. The standard InChI is InChI=1S/C17H32F3.BrH.Mg/c1-2-3-4-5-6-7-8-9-10-11-12-13-14-15-16-17(18,19)20;;/h1-16H2;1H;/q-1;;+2/p-1. The minimum Gasteiger partial charge on any atom is -1.00 e. The summed E-state index contributed by atoms with van der Waals surface area (Å²) in [5.41, 5.74) is 0. The fourth-order valence-corrected chi connectivity index (χ4v) is 2.45. The first-order chi connectivity index (χ1) is 9.56. The van der Waals surface area contributed by atoms with Gasteiger partial charge in [0.25, 0.3) is 0 Å². The first kappa shape index (κ1) is 27.9. The molecule has 0 N–H and O–H groups in total. The molecular formula is C17H32BrF3Mg. The van der Waals surface area contributed by atoms with E-state index in [1.807, 2.05) is 0 Å². The van der Waals surface area contributed by atoms with Crippen LogP contribution in [0.25, 0.3) is 0 Å². The number of hydrogen-bond donors (Lipinski definition) is 0. The molecule has 0 unspecified atom stereocenters. The average molecular weight is 398 g/mol. The molecule has 0 rings (SSSR count). The van der Waals surface area contributed by atoms with Gasteiger partial charge in [0.2, 0.25) is 0 Å². The predicted molar refractivity (Wildman–Crippen MR) is 86.4 cm³/mol. The molecule has 0 aromatic rings. The van der Waals surface area contributed by atoms with Crippen LogP contribution in [0, 0.1) is 6.92 Å². The van der Waals surface area contributed by atoms with Crippen LogP contribution in [0.5, 0.6) is 0 Å². The molecule has 0 spiro atoms. The third-order valence-corrected chi connectivity index (χ3v) is 3.71. The normalized spacial score (nSPS) is 10.9. The van der Waals surface area contributed by atoms with Crippen LogP contribution in [0.4, 0.5) is 13.2 Å². The van der Waals surface area contributed by atoms with Crippen molar-refractivity contribution in [2.75, 3.05) is 0 Å². The van der Waals surface area contributed by atoms with Crippen molar-refractivity contribution < 1.29 is 30.2 Å². The third kappa shape index (κ3) is 26.0. The van der Waals surface area contributed by atoms with Gasteiger partial charge in [0, 0.05) is 6.42 Å². The topological polar surface area (TPSA) is 0 Å². The molecule has 22 heavy (non-hydrogen) atoms. The zero-order chi connectivity index (χ0) is 15.1. The van der Waals surface area contributed by atoms with E-state index in [4.69, 9.17) is 0 Å². The molecule has 0 aliphatic rings. The second-order valence-corrected chi connectivity index (χ2v) is 5.81. The fraction of sp³-hybridized carbons (Fsp3) is 0.941. The Balaban J connectivity index is -0.00000180. The summed E-state index contributed by atoms with van der Waals surface area (Å²) < 4.78 is 35.7. The zero-order valence-corrected chi connectivity index (χ0v) is 17.0. The van der Waals surface area contributed by atoms with E-state index in [0.717, 1.165) is 25.7 Å². The maximum atomic E-state index is 11.9. The van der Waals surface area contributed by atoms with Crippen molar-refractivity contribution in [2.45, 2.75) is 102 Å². The molecule has 0 saturated carbocycles. The van der Waals surface area contributed by atoms with Gasteiger partial charge in [0.1, 0.15) is 0 Å². The Kier molecular flexibility index (Phi) is 25.4. The summed E-state index contributed by atoms with van der Waals surface area (Å²) in [5.74, 6) is 0. The number of hydrogen-bond acceptors (Lipinski definition) is 0. The van der Waals surface area contributed by atoms with Crippen molar-refractivity contribution in [1.82, 2.24) is 0 Å². The number of alkyl halides is 3. The zero-order valence-electron chi connectivity index (χ0n) is 14.0. The van der Waals surface area contributed by atoms with Crippen molar-refractivity contribution >= 4 is 23.1 Å². The summed E-state index contributed by atoms with van der Waals surface area (Å²) in [5, 5.41) is 0. The molecular weight excluding hydrogens is 365 g/mol. The second kappa shape index (κ2) is 20.1. The smallest absolute Gasteiger partial charge is 1.00 e. The van der Waals surface area contributed by atoms with Gasteiger partial charge >= 0.3 is 29.2 Å². The van der Waals surface area contributed by atoms with E-state index in [-0.39, 0.29) is 40.0 Å². The number of unbranched alkanes of at least 4 members (excludes halogenated alkanes) is 13. The Morgan fingerprint density at radius 2 is 0.818 bits per heavy atom. The van der Waals surface area contributed by atoms with Gasteiger partial charge in [-0.05, 0) is 6.42 Å². The summed E-state index contributed by atoms with van der Waals surface area (Å²) in [6.45, 7) is 3.84. The van der Waals surface area contributed by atoms with E-state index in [1.165, 1.54) is 57.8 Å². The molecule has 0 nitrogen and oxygen atoms in total. The van der Waals surface area contributed by atoms with Crippen LogP contribution in [0.1, 0.15) is 96.3 Å².